The number of anilines is 1. The average molecular weight is 229 g/mol. The van der Waals surface area contributed by atoms with E-state index in [2.05, 4.69) is 11.4 Å². The van der Waals surface area contributed by atoms with E-state index in [4.69, 9.17) is 5.26 Å². The van der Waals surface area contributed by atoms with Gasteiger partial charge in [-0.2, -0.15) is 5.26 Å². The van der Waals surface area contributed by atoms with Crippen LogP contribution in [0.2, 0.25) is 0 Å². The third-order valence-electron chi connectivity index (χ3n) is 3.10. The number of likely N-dealkylation sites (N-methyl/N-ethyl adjacent to an activating group) is 1. The highest BCUT2D eigenvalue weighted by atomic mass is 16.2. The number of carbonyl (C=O) groups is 1. The van der Waals surface area contributed by atoms with Gasteiger partial charge >= 0.3 is 0 Å². The molecule has 17 heavy (non-hydrogen) atoms. The molecule has 0 radical (unpaired) electrons. The van der Waals surface area contributed by atoms with Crippen LogP contribution in [0.5, 0.6) is 0 Å². The number of amides is 1. The van der Waals surface area contributed by atoms with Gasteiger partial charge in [0.1, 0.15) is 0 Å². The lowest BCUT2D eigenvalue weighted by Gasteiger charge is -2.32. The lowest BCUT2D eigenvalue weighted by atomic mass is 10.0. The van der Waals surface area contributed by atoms with Crippen molar-refractivity contribution in [1.29, 1.82) is 5.26 Å². The van der Waals surface area contributed by atoms with E-state index in [9.17, 15) is 4.79 Å². The quantitative estimate of drug-likeness (QED) is 0.831. The van der Waals surface area contributed by atoms with Gasteiger partial charge in [0.2, 0.25) is 5.91 Å². The Kier molecular flexibility index (Phi) is 3.40. The Morgan fingerprint density at radius 3 is 2.71 bits per heavy atom. The number of benzene rings is 1. The fraction of sp³-hybridized carbons (Fsp3) is 0.385. The summed E-state index contributed by atoms with van der Waals surface area (Å²) < 4.78 is 0. The molecule has 1 N–H and O–H groups in total. The van der Waals surface area contributed by atoms with Gasteiger partial charge in [0.25, 0.3) is 0 Å². The minimum Gasteiger partial charge on any atom is -0.311 e. The first kappa shape index (κ1) is 11.6. The van der Waals surface area contributed by atoms with E-state index in [0.717, 1.165) is 25.1 Å². The van der Waals surface area contributed by atoms with Crippen LogP contribution in [0.1, 0.15) is 18.4 Å². The second-order valence-electron chi connectivity index (χ2n) is 4.13. The van der Waals surface area contributed by atoms with Crippen LogP contribution < -0.4 is 10.2 Å². The van der Waals surface area contributed by atoms with Crippen LogP contribution in [0.15, 0.2) is 24.3 Å². The molecule has 1 saturated heterocycles. The van der Waals surface area contributed by atoms with Crippen molar-refractivity contribution in [2.45, 2.75) is 18.9 Å². The third kappa shape index (κ3) is 2.29. The molecular weight excluding hydrogens is 214 g/mol. The van der Waals surface area contributed by atoms with E-state index in [1.54, 1.807) is 17.0 Å². The Labute approximate surface area is 101 Å². The lowest BCUT2D eigenvalue weighted by Crippen LogP contribution is -2.49. The van der Waals surface area contributed by atoms with Crippen molar-refractivity contribution in [3.63, 3.8) is 0 Å². The van der Waals surface area contributed by atoms with Gasteiger partial charge in [-0.05, 0) is 44.2 Å². The molecule has 1 aromatic rings. The Morgan fingerprint density at radius 2 is 2.12 bits per heavy atom. The minimum atomic E-state index is -0.0839. The molecule has 1 fully saturated rings. The van der Waals surface area contributed by atoms with Crippen molar-refractivity contribution in [2.75, 3.05) is 18.5 Å². The SMILES string of the molecule is CNC1CCCN(c2ccc(C#N)cc2)C1=O. The second kappa shape index (κ2) is 4.98. The Hall–Kier alpha value is -1.86. The predicted molar refractivity (Wildman–Crippen MR) is 65.6 cm³/mol. The van der Waals surface area contributed by atoms with Gasteiger partial charge in [-0.25, -0.2) is 0 Å². The standard InChI is InChI=1S/C13H15N3O/c1-15-12-3-2-8-16(13(12)17)11-6-4-10(9-14)5-7-11/h4-7,12,15H,2-3,8H2,1H3. The number of nitrogens with zero attached hydrogens (tertiary/aromatic N) is 2. The molecule has 0 spiro atoms. The van der Waals surface area contributed by atoms with Gasteiger partial charge in [-0.15, -0.1) is 0 Å². The van der Waals surface area contributed by atoms with Gasteiger partial charge in [0.15, 0.2) is 0 Å². The summed E-state index contributed by atoms with van der Waals surface area (Å²) in [6, 6.07) is 9.13. The van der Waals surface area contributed by atoms with Crippen LogP contribution >= 0.6 is 0 Å². The average Bonchev–Trinajstić information content (AvgIpc) is 2.39. The Bertz CT molecular complexity index is 447. The Balaban J connectivity index is 2.21. The highest BCUT2D eigenvalue weighted by Gasteiger charge is 2.28. The van der Waals surface area contributed by atoms with Crippen LogP contribution in [0.25, 0.3) is 0 Å². The summed E-state index contributed by atoms with van der Waals surface area (Å²) in [6.07, 6.45) is 1.89. The number of rotatable bonds is 2. The largest absolute Gasteiger partial charge is 0.311 e. The molecule has 0 aromatic heterocycles. The highest BCUT2D eigenvalue weighted by Crippen LogP contribution is 2.21. The maximum absolute atomic E-state index is 12.1. The number of nitrogens with one attached hydrogen (secondary N) is 1. The fourth-order valence-electron chi connectivity index (χ4n) is 2.12. The lowest BCUT2D eigenvalue weighted by molar-refractivity contribution is -0.121. The number of hydrogen-bond acceptors (Lipinski definition) is 3. The Morgan fingerprint density at radius 1 is 1.41 bits per heavy atom. The number of hydrogen-bond donors (Lipinski definition) is 1. The molecule has 1 atom stereocenters. The fourth-order valence-corrected chi connectivity index (χ4v) is 2.12. The first-order chi connectivity index (χ1) is 8.26. The van der Waals surface area contributed by atoms with Crippen LogP contribution in [0.3, 0.4) is 0 Å². The maximum atomic E-state index is 12.1. The molecule has 1 aromatic carbocycles. The summed E-state index contributed by atoms with van der Waals surface area (Å²) in [6.45, 7) is 0.753. The number of piperidine rings is 1. The van der Waals surface area contributed by atoms with Crippen molar-refractivity contribution in [3.8, 4) is 6.07 Å². The molecule has 1 amide bonds. The summed E-state index contributed by atoms with van der Waals surface area (Å²) in [4.78, 5) is 13.9. The van der Waals surface area contributed by atoms with E-state index >= 15 is 0 Å². The molecule has 1 unspecified atom stereocenters. The number of carbonyl (C=O) groups excluding carboxylic acids is 1. The van der Waals surface area contributed by atoms with E-state index in [1.165, 1.54) is 0 Å². The second-order valence-corrected chi connectivity index (χ2v) is 4.13. The first-order valence-electron chi connectivity index (χ1n) is 5.75. The van der Waals surface area contributed by atoms with Crippen LogP contribution in [0.4, 0.5) is 5.69 Å². The van der Waals surface area contributed by atoms with Crippen LogP contribution in [-0.2, 0) is 4.79 Å². The van der Waals surface area contributed by atoms with Crippen LogP contribution in [0, 0.1) is 11.3 Å². The van der Waals surface area contributed by atoms with Crippen molar-refractivity contribution in [2.24, 2.45) is 0 Å². The molecule has 1 aliphatic heterocycles. The van der Waals surface area contributed by atoms with Crippen LogP contribution in [-0.4, -0.2) is 25.5 Å². The molecule has 1 heterocycles. The van der Waals surface area contributed by atoms with Gasteiger partial charge in [0.05, 0.1) is 17.7 Å². The summed E-state index contributed by atoms with van der Waals surface area (Å²) in [5.41, 5.74) is 1.48. The zero-order chi connectivity index (χ0) is 12.3. The minimum absolute atomic E-state index is 0.0839. The summed E-state index contributed by atoms with van der Waals surface area (Å²) >= 11 is 0. The molecule has 0 saturated carbocycles. The van der Waals surface area contributed by atoms with E-state index < -0.39 is 0 Å². The van der Waals surface area contributed by atoms with Gasteiger partial charge < -0.3 is 10.2 Å². The van der Waals surface area contributed by atoms with Crippen molar-refractivity contribution < 1.29 is 4.79 Å². The molecule has 0 bridgehead atoms. The van der Waals surface area contributed by atoms with Crippen molar-refractivity contribution in [3.05, 3.63) is 29.8 Å². The number of nitriles is 1. The molecule has 2 rings (SSSR count). The van der Waals surface area contributed by atoms with Crippen molar-refractivity contribution >= 4 is 11.6 Å². The summed E-state index contributed by atoms with van der Waals surface area (Å²) in [7, 11) is 1.81. The highest BCUT2D eigenvalue weighted by molar-refractivity contribution is 5.97. The topological polar surface area (TPSA) is 56.1 Å². The molecule has 1 aliphatic rings. The smallest absolute Gasteiger partial charge is 0.244 e. The molecular formula is C13H15N3O. The van der Waals surface area contributed by atoms with E-state index in [0.29, 0.717) is 5.56 Å². The first-order valence-corrected chi connectivity index (χ1v) is 5.75. The van der Waals surface area contributed by atoms with Gasteiger partial charge in [0, 0.05) is 12.2 Å². The maximum Gasteiger partial charge on any atom is 0.244 e. The molecule has 4 heteroatoms. The van der Waals surface area contributed by atoms with Crippen molar-refractivity contribution in [1.82, 2.24) is 5.32 Å². The molecule has 0 aliphatic carbocycles. The zero-order valence-corrected chi connectivity index (χ0v) is 9.81. The van der Waals surface area contributed by atoms with E-state index in [-0.39, 0.29) is 11.9 Å². The van der Waals surface area contributed by atoms with Gasteiger partial charge in [-0.1, -0.05) is 0 Å². The van der Waals surface area contributed by atoms with Gasteiger partial charge in [-0.3, -0.25) is 4.79 Å². The normalized spacial score (nSPS) is 20.1. The van der Waals surface area contributed by atoms with E-state index in [1.807, 2.05) is 19.2 Å². The molecule has 4 nitrogen and oxygen atoms in total. The monoisotopic (exact) mass is 229 g/mol. The molecule has 88 valence electrons. The summed E-state index contributed by atoms with van der Waals surface area (Å²) in [5, 5.41) is 11.8. The third-order valence-corrected chi connectivity index (χ3v) is 3.10. The predicted octanol–water partition coefficient (Wildman–Crippen LogP) is 1.27. The zero-order valence-electron chi connectivity index (χ0n) is 9.81. The summed E-state index contributed by atoms with van der Waals surface area (Å²) in [5.74, 6) is 0.114.